The molecule has 28 heavy (non-hydrogen) atoms. The van der Waals surface area contributed by atoms with Crippen molar-refractivity contribution < 1.29 is 4.74 Å². The number of hydrogen-bond acceptors (Lipinski definition) is 4. The van der Waals surface area contributed by atoms with Gasteiger partial charge < -0.3 is 9.64 Å². The molecule has 2 aromatic carbocycles. The lowest BCUT2D eigenvalue weighted by molar-refractivity contribution is 0.112. The molecular formula is C24H33N3O. The molecule has 0 aliphatic carbocycles. The monoisotopic (exact) mass is 379 g/mol. The zero-order valence-electron chi connectivity index (χ0n) is 17.1. The second kappa shape index (κ2) is 9.55. The Morgan fingerprint density at radius 2 is 1.50 bits per heavy atom. The molecule has 0 amide bonds. The molecule has 150 valence electrons. The number of piperazine rings is 1. The van der Waals surface area contributed by atoms with Gasteiger partial charge in [0.1, 0.15) is 5.75 Å². The van der Waals surface area contributed by atoms with Crippen LogP contribution < -0.4 is 4.74 Å². The first-order valence-corrected chi connectivity index (χ1v) is 10.6. The number of nitrogens with zero attached hydrogens (tertiary/aromatic N) is 3. The lowest BCUT2D eigenvalue weighted by Crippen LogP contribution is -2.47. The SMILES string of the molecule is COc1ccccc1CN1CCN(CC2CCN(Cc3ccccc3)C2)CC1. The Morgan fingerprint density at radius 1 is 0.786 bits per heavy atom. The number of likely N-dealkylation sites (tertiary alicyclic amines) is 1. The van der Waals surface area contributed by atoms with Gasteiger partial charge in [0.15, 0.2) is 0 Å². The number of para-hydroxylation sites is 1. The van der Waals surface area contributed by atoms with Gasteiger partial charge in [0.2, 0.25) is 0 Å². The largest absolute Gasteiger partial charge is 0.496 e. The van der Waals surface area contributed by atoms with Gasteiger partial charge in [-0.1, -0.05) is 48.5 Å². The van der Waals surface area contributed by atoms with Gasteiger partial charge in [-0.25, -0.2) is 0 Å². The Bertz CT molecular complexity index is 728. The van der Waals surface area contributed by atoms with Gasteiger partial charge in [-0.15, -0.1) is 0 Å². The fraction of sp³-hybridized carbons (Fsp3) is 0.500. The molecule has 2 aliphatic heterocycles. The summed E-state index contributed by atoms with van der Waals surface area (Å²) in [6.45, 7) is 10.5. The Morgan fingerprint density at radius 3 is 2.29 bits per heavy atom. The summed E-state index contributed by atoms with van der Waals surface area (Å²) >= 11 is 0. The molecule has 0 aromatic heterocycles. The Hall–Kier alpha value is -1.88. The summed E-state index contributed by atoms with van der Waals surface area (Å²) in [7, 11) is 1.76. The van der Waals surface area contributed by atoms with E-state index < -0.39 is 0 Å². The molecule has 0 radical (unpaired) electrons. The second-order valence-electron chi connectivity index (χ2n) is 8.26. The summed E-state index contributed by atoms with van der Waals surface area (Å²) in [4.78, 5) is 7.86. The van der Waals surface area contributed by atoms with Crippen molar-refractivity contribution in [2.75, 3.05) is 52.9 Å². The average Bonchev–Trinajstić information content (AvgIpc) is 3.17. The van der Waals surface area contributed by atoms with E-state index in [9.17, 15) is 0 Å². The summed E-state index contributed by atoms with van der Waals surface area (Å²) in [5, 5.41) is 0. The minimum atomic E-state index is 0.824. The van der Waals surface area contributed by atoms with Crippen LogP contribution in [-0.2, 0) is 13.1 Å². The highest BCUT2D eigenvalue weighted by molar-refractivity contribution is 5.33. The molecule has 4 heteroatoms. The van der Waals surface area contributed by atoms with Crippen LogP contribution in [0.2, 0.25) is 0 Å². The van der Waals surface area contributed by atoms with Crippen LogP contribution >= 0.6 is 0 Å². The van der Waals surface area contributed by atoms with E-state index in [0.717, 1.165) is 37.8 Å². The van der Waals surface area contributed by atoms with E-state index in [-0.39, 0.29) is 0 Å². The van der Waals surface area contributed by atoms with Crippen molar-refractivity contribution in [3.8, 4) is 5.75 Å². The molecule has 2 heterocycles. The Balaban J connectivity index is 1.20. The highest BCUT2D eigenvalue weighted by Gasteiger charge is 2.26. The predicted molar refractivity (Wildman–Crippen MR) is 115 cm³/mol. The minimum Gasteiger partial charge on any atom is -0.496 e. The van der Waals surface area contributed by atoms with Crippen molar-refractivity contribution in [2.24, 2.45) is 5.92 Å². The highest BCUT2D eigenvalue weighted by Crippen LogP contribution is 2.22. The molecule has 0 saturated carbocycles. The molecule has 0 bridgehead atoms. The second-order valence-corrected chi connectivity index (χ2v) is 8.26. The molecule has 0 spiro atoms. The molecule has 0 N–H and O–H groups in total. The fourth-order valence-corrected chi connectivity index (χ4v) is 4.62. The van der Waals surface area contributed by atoms with E-state index >= 15 is 0 Å². The molecule has 2 fully saturated rings. The van der Waals surface area contributed by atoms with Crippen LogP contribution in [0.25, 0.3) is 0 Å². The van der Waals surface area contributed by atoms with E-state index in [1.807, 2.05) is 6.07 Å². The number of hydrogen-bond donors (Lipinski definition) is 0. The lowest BCUT2D eigenvalue weighted by Gasteiger charge is -2.36. The minimum absolute atomic E-state index is 0.824. The van der Waals surface area contributed by atoms with Crippen molar-refractivity contribution in [3.05, 3.63) is 65.7 Å². The Labute approximate surface area is 169 Å². The summed E-state index contributed by atoms with van der Waals surface area (Å²) in [5.41, 5.74) is 2.74. The average molecular weight is 380 g/mol. The maximum atomic E-state index is 5.51. The van der Waals surface area contributed by atoms with E-state index in [1.165, 1.54) is 50.3 Å². The summed E-state index contributed by atoms with van der Waals surface area (Å²) in [6.07, 6.45) is 1.34. The number of methoxy groups -OCH3 is 1. The maximum Gasteiger partial charge on any atom is 0.123 e. The van der Waals surface area contributed by atoms with Crippen molar-refractivity contribution in [2.45, 2.75) is 19.5 Å². The number of benzene rings is 2. The molecule has 1 unspecified atom stereocenters. The summed E-state index contributed by atoms with van der Waals surface area (Å²) in [5.74, 6) is 1.83. The molecule has 1 atom stereocenters. The number of rotatable bonds is 7. The molecule has 4 nitrogen and oxygen atoms in total. The predicted octanol–water partition coefficient (Wildman–Crippen LogP) is 3.33. The van der Waals surface area contributed by atoms with Crippen molar-refractivity contribution in [1.82, 2.24) is 14.7 Å². The molecule has 4 rings (SSSR count). The van der Waals surface area contributed by atoms with Gasteiger partial charge in [-0.05, 0) is 30.5 Å². The van der Waals surface area contributed by atoms with Gasteiger partial charge in [0, 0.05) is 57.9 Å². The van der Waals surface area contributed by atoms with Gasteiger partial charge in [0.25, 0.3) is 0 Å². The lowest BCUT2D eigenvalue weighted by atomic mass is 10.1. The van der Waals surface area contributed by atoms with E-state index in [0.29, 0.717) is 0 Å². The van der Waals surface area contributed by atoms with Crippen molar-refractivity contribution >= 4 is 0 Å². The first-order valence-electron chi connectivity index (χ1n) is 10.6. The maximum absolute atomic E-state index is 5.51. The fourth-order valence-electron chi connectivity index (χ4n) is 4.62. The van der Waals surface area contributed by atoms with Crippen LogP contribution in [0.5, 0.6) is 5.75 Å². The first-order chi connectivity index (χ1) is 13.8. The van der Waals surface area contributed by atoms with Crippen molar-refractivity contribution in [1.29, 1.82) is 0 Å². The van der Waals surface area contributed by atoms with Crippen molar-refractivity contribution in [3.63, 3.8) is 0 Å². The van der Waals surface area contributed by atoms with E-state index in [1.54, 1.807) is 7.11 Å². The highest BCUT2D eigenvalue weighted by atomic mass is 16.5. The van der Waals surface area contributed by atoms with Crippen LogP contribution in [0.15, 0.2) is 54.6 Å². The van der Waals surface area contributed by atoms with Crippen LogP contribution in [0.4, 0.5) is 0 Å². The Kier molecular flexibility index (Phi) is 6.63. The normalized spacial score (nSPS) is 21.8. The van der Waals surface area contributed by atoms with E-state index in [4.69, 9.17) is 4.74 Å². The molecule has 2 saturated heterocycles. The third-order valence-corrected chi connectivity index (χ3v) is 6.19. The van der Waals surface area contributed by atoms with Gasteiger partial charge in [0.05, 0.1) is 7.11 Å². The zero-order chi connectivity index (χ0) is 19.2. The first kappa shape index (κ1) is 19.4. The van der Waals surface area contributed by atoms with Gasteiger partial charge in [-0.2, -0.15) is 0 Å². The molecule has 2 aliphatic rings. The molecule has 2 aromatic rings. The summed E-state index contributed by atoms with van der Waals surface area (Å²) < 4.78 is 5.51. The zero-order valence-corrected chi connectivity index (χ0v) is 17.1. The topological polar surface area (TPSA) is 19.0 Å². The quantitative estimate of drug-likeness (QED) is 0.734. The van der Waals surface area contributed by atoms with Gasteiger partial charge >= 0.3 is 0 Å². The third kappa shape index (κ3) is 5.13. The van der Waals surface area contributed by atoms with Crippen LogP contribution in [0.3, 0.4) is 0 Å². The van der Waals surface area contributed by atoms with E-state index in [2.05, 4.69) is 63.2 Å². The van der Waals surface area contributed by atoms with Gasteiger partial charge in [-0.3, -0.25) is 9.80 Å². The molecular weight excluding hydrogens is 346 g/mol. The summed E-state index contributed by atoms with van der Waals surface area (Å²) in [6, 6.07) is 19.3. The smallest absolute Gasteiger partial charge is 0.123 e. The van der Waals surface area contributed by atoms with Crippen LogP contribution in [0, 0.1) is 5.92 Å². The van der Waals surface area contributed by atoms with Crippen LogP contribution in [0.1, 0.15) is 17.5 Å². The third-order valence-electron chi connectivity index (χ3n) is 6.19. The standard InChI is InChI=1S/C24H33N3O/c1-28-24-10-6-5-9-23(24)20-26-15-13-25(14-16-26)18-22-11-12-27(19-22)17-21-7-3-2-4-8-21/h2-10,22H,11-20H2,1H3. The van der Waals surface area contributed by atoms with Crippen LogP contribution in [-0.4, -0.2) is 67.6 Å². The number of ether oxygens (including phenoxy) is 1.